The lowest BCUT2D eigenvalue weighted by Gasteiger charge is -2.37. The first-order chi connectivity index (χ1) is 9.22. The second-order valence-corrected chi connectivity index (χ2v) is 5.42. The summed E-state index contributed by atoms with van der Waals surface area (Å²) in [6, 6.07) is -0.0848. The SMILES string of the molecule is C=CCNC(=O)[C@@H](C)N1CCN(c2nccs2)CC1. The minimum atomic E-state index is -0.0848. The fraction of sp³-hybridized carbons (Fsp3) is 0.538. The van der Waals surface area contributed by atoms with Crippen molar-refractivity contribution in [2.24, 2.45) is 0 Å². The van der Waals surface area contributed by atoms with Crippen molar-refractivity contribution in [1.82, 2.24) is 15.2 Å². The van der Waals surface area contributed by atoms with Crippen LogP contribution in [0.1, 0.15) is 6.92 Å². The number of piperazine rings is 1. The van der Waals surface area contributed by atoms with E-state index >= 15 is 0 Å². The van der Waals surface area contributed by atoms with Crippen LogP contribution in [0.5, 0.6) is 0 Å². The van der Waals surface area contributed by atoms with Crippen molar-refractivity contribution in [2.75, 3.05) is 37.6 Å². The van der Waals surface area contributed by atoms with E-state index in [-0.39, 0.29) is 11.9 Å². The Balaban J connectivity index is 1.82. The van der Waals surface area contributed by atoms with Crippen LogP contribution in [0.15, 0.2) is 24.2 Å². The molecule has 1 saturated heterocycles. The summed E-state index contributed by atoms with van der Waals surface area (Å²) in [5, 5.41) is 5.91. The molecule has 1 fully saturated rings. The van der Waals surface area contributed by atoms with Crippen LogP contribution in [0, 0.1) is 0 Å². The summed E-state index contributed by atoms with van der Waals surface area (Å²) in [6.07, 6.45) is 3.53. The number of thiazole rings is 1. The lowest BCUT2D eigenvalue weighted by molar-refractivity contribution is -0.125. The van der Waals surface area contributed by atoms with E-state index in [4.69, 9.17) is 0 Å². The van der Waals surface area contributed by atoms with Gasteiger partial charge in [0.25, 0.3) is 0 Å². The molecule has 0 aliphatic carbocycles. The maximum Gasteiger partial charge on any atom is 0.237 e. The average molecular weight is 280 g/mol. The Morgan fingerprint density at radius 1 is 1.58 bits per heavy atom. The van der Waals surface area contributed by atoms with Crippen molar-refractivity contribution >= 4 is 22.4 Å². The van der Waals surface area contributed by atoms with Crippen LogP contribution in [-0.4, -0.2) is 54.6 Å². The molecule has 1 aromatic heterocycles. The molecule has 1 N–H and O–H groups in total. The molecule has 5 nitrogen and oxygen atoms in total. The Kier molecular flexibility index (Phi) is 4.93. The van der Waals surface area contributed by atoms with Gasteiger partial charge in [-0.2, -0.15) is 0 Å². The van der Waals surface area contributed by atoms with Gasteiger partial charge in [0.15, 0.2) is 5.13 Å². The number of anilines is 1. The number of rotatable bonds is 5. The van der Waals surface area contributed by atoms with Gasteiger partial charge in [-0.15, -0.1) is 17.9 Å². The molecule has 19 heavy (non-hydrogen) atoms. The normalized spacial score (nSPS) is 18.1. The molecule has 0 bridgehead atoms. The van der Waals surface area contributed by atoms with Gasteiger partial charge in [-0.25, -0.2) is 4.98 Å². The van der Waals surface area contributed by atoms with Crippen LogP contribution in [0.4, 0.5) is 5.13 Å². The zero-order valence-electron chi connectivity index (χ0n) is 11.2. The summed E-state index contributed by atoms with van der Waals surface area (Å²) in [4.78, 5) is 20.7. The molecule has 0 radical (unpaired) electrons. The molecule has 2 rings (SSSR count). The monoisotopic (exact) mass is 280 g/mol. The number of nitrogens with zero attached hydrogens (tertiary/aromatic N) is 3. The highest BCUT2D eigenvalue weighted by Gasteiger charge is 2.25. The second kappa shape index (κ2) is 6.68. The zero-order chi connectivity index (χ0) is 13.7. The molecule has 104 valence electrons. The van der Waals surface area contributed by atoms with Gasteiger partial charge in [0.2, 0.25) is 5.91 Å². The molecule has 1 atom stereocenters. The predicted molar refractivity (Wildman–Crippen MR) is 78.6 cm³/mol. The largest absolute Gasteiger partial charge is 0.351 e. The third-order valence-electron chi connectivity index (χ3n) is 3.35. The van der Waals surface area contributed by atoms with Crippen LogP contribution in [0.3, 0.4) is 0 Å². The Bertz CT molecular complexity index is 412. The smallest absolute Gasteiger partial charge is 0.237 e. The van der Waals surface area contributed by atoms with E-state index in [0.717, 1.165) is 31.3 Å². The van der Waals surface area contributed by atoms with Crippen molar-refractivity contribution in [3.05, 3.63) is 24.2 Å². The third-order valence-corrected chi connectivity index (χ3v) is 4.18. The van der Waals surface area contributed by atoms with Crippen molar-refractivity contribution in [2.45, 2.75) is 13.0 Å². The first kappa shape index (κ1) is 14.0. The standard InChI is InChI=1S/C13H20N4OS/c1-3-4-14-12(18)11(2)16-6-8-17(9-7-16)13-15-5-10-19-13/h3,5,10-11H,1,4,6-9H2,2H3,(H,14,18)/t11-/m1/s1. The second-order valence-electron chi connectivity index (χ2n) is 4.55. The molecular formula is C13H20N4OS. The molecule has 0 unspecified atom stereocenters. The van der Waals surface area contributed by atoms with Crippen LogP contribution in [-0.2, 0) is 4.79 Å². The van der Waals surface area contributed by atoms with Crippen LogP contribution in [0.2, 0.25) is 0 Å². The van der Waals surface area contributed by atoms with E-state index in [1.54, 1.807) is 17.4 Å². The number of carbonyl (C=O) groups excluding carboxylic acids is 1. The number of amides is 1. The first-order valence-corrected chi connectivity index (χ1v) is 7.37. The minimum absolute atomic E-state index is 0.0719. The molecule has 1 amide bonds. The summed E-state index contributed by atoms with van der Waals surface area (Å²) in [5.74, 6) is 0.0719. The van der Waals surface area contributed by atoms with E-state index < -0.39 is 0 Å². The van der Waals surface area contributed by atoms with E-state index in [0.29, 0.717) is 6.54 Å². The molecule has 6 heteroatoms. The van der Waals surface area contributed by atoms with Crippen molar-refractivity contribution in [3.63, 3.8) is 0 Å². The molecular weight excluding hydrogens is 260 g/mol. The number of carbonyl (C=O) groups is 1. The average Bonchev–Trinajstić information content (AvgIpc) is 2.98. The number of aromatic nitrogens is 1. The number of hydrogen-bond acceptors (Lipinski definition) is 5. The van der Waals surface area contributed by atoms with Crippen molar-refractivity contribution < 1.29 is 4.79 Å². The molecule has 2 heterocycles. The number of hydrogen-bond donors (Lipinski definition) is 1. The van der Waals surface area contributed by atoms with Gasteiger partial charge in [-0.05, 0) is 6.92 Å². The first-order valence-electron chi connectivity index (χ1n) is 6.49. The maximum atomic E-state index is 11.9. The Hall–Kier alpha value is -1.40. The van der Waals surface area contributed by atoms with Gasteiger partial charge in [0, 0.05) is 44.3 Å². The van der Waals surface area contributed by atoms with Crippen LogP contribution in [0.25, 0.3) is 0 Å². The van der Waals surface area contributed by atoms with Crippen molar-refractivity contribution in [1.29, 1.82) is 0 Å². The summed E-state index contributed by atoms with van der Waals surface area (Å²) >= 11 is 1.66. The lowest BCUT2D eigenvalue weighted by atomic mass is 10.2. The van der Waals surface area contributed by atoms with Gasteiger partial charge < -0.3 is 10.2 Å². The molecule has 1 aliphatic rings. The summed E-state index contributed by atoms with van der Waals surface area (Å²) < 4.78 is 0. The summed E-state index contributed by atoms with van der Waals surface area (Å²) in [6.45, 7) is 9.72. The van der Waals surface area contributed by atoms with E-state index in [1.165, 1.54) is 0 Å². The highest BCUT2D eigenvalue weighted by molar-refractivity contribution is 7.13. The van der Waals surface area contributed by atoms with Gasteiger partial charge >= 0.3 is 0 Å². The van der Waals surface area contributed by atoms with Gasteiger partial charge in [-0.3, -0.25) is 9.69 Å². The zero-order valence-corrected chi connectivity index (χ0v) is 12.0. The van der Waals surface area contributed by atoms with Gasteiger partial charge in [-0.1, -0.05) is 6.08 Å². The molecule has 0 aromatic carbocycles. The highest BCUT2D eigenvalue weighted by Crippen LogP contribution is 2.19. The van der Waals surface area contributed by atoms with Gasteiger partial charge in [0.05, 0.1) is 6.04 Å². The van der Waals surface area contributed by atoms with E-state index in [1.807, 2.05) is 18.5 Å². The third kappa shape index (κ3) is 3.54. The summed E-state index contributed by atoms with van der Waals surface area (Å²) in [7, 11) is 0. The highest BCUT2D eigenvalue weighted by atomic mass is 32.1. The number of nitrogens with one attached hydrogen (secondary N) is 1. The fourth-order valence-corrected chi connectivity index (χ4v) is 2.86. The van der Waals surface area contributed by atoms with E-state index in [9.17, 15) is 4.79 Å². The molecule has 0 spiro atoms. The van der Waals surface area contributed by atoms with Crippen LogP contribution < -0.4 is 10.2 Å². The molecule has 1 aromatic rings. The van der Waals surface area contributed by atoms with E-state index in [2.05, 4.69) is 26.7 Å². The fourth-order valence-electron chi connectivity index (χ4n) is 2.16. The summed E-state index contributed by atoms with van der Waals surface area (Å²) in [5.41, 5.74) is 0. The Morgan fingerprint density at radius 3 is 2.89 bits per heavy atom. The minimum Gasteiger partial charge on any atom is -0.351 e. The molecule has 1 aliphatic heterocycles. The van der Waals surface area contributed by atoms with Gasteiger partial charge in [0.1, 0.15) is 0 Å². The maximum absolute atomic E-state index is 11.9. The lowest BCUT2D eigenvalue weighted by Crippen LogP contribution is -2.54. The Morgan fingerprint density at radius 2 is 2.32 bits per heavy atom. The quantitative estimate of drug-likeness (QED) is 0.816. The molecule has 0 saturated carbocycles. The Labute approximate surface area is 117 Å². The van der Waals surface area contributed by atoms with Crippen LogP contribution >= 0.6 is 11.3 Å². The van der Waals surface area contributed by atoms with Crippen molar-refractivity contribution in [3.8, 4) is 0 Å². The predicted octanol–water partition coefficient (Wildman–Crippen LogP) is 0.956. The topological polar surface area (TPSA) is 48.5 Å².